The number of ether oxygens (including phenoxy) is 2. The Labute approximate surface area is 304 Å². The summed E-state index contributed by atoms with van der Waals surface area (Å²) in [5, 5.41) is 11.7. The Morgan fingerprint density at radius 1 is 0.596 bits per heavy atom. The van der Waals surface area contributed by atoms with E-state index in [1.165, 1.54) is 22.3 Å². The molecule has 7 heteroatoms. The molecule has 1 N–H and O–H groups in total. The number of hydrogen-bond acceptors (Lipinski definition) is 6. The van der Waals surface area contributed by atoms with Crippen molar-refractivity contribution in [1.29, 1.82) is 0 Å². The fraction of sp³-hybridized carbons (Fsp3) is 0.156. The van der Waals surface area contributed by atoms with Gasteiger partial charge in [-0.3, -0.25) is 0 Å². The lowest BCUT2D eigenvalue weighted by molar-refractivity contribution is 0.00694. The molecule has 0 aromatic heterocycles. The standard InChI is InChI=1S/C45H39N3O4/c1-45(2,3)52-43(49)35-18-16-32(17-19-35)34-22-26-37(27-23-34)48-47-36-24-20-33(21-25-36)31-14-12-30(13-15-31)28-46-44(50)51-29-42-40-10-6-4-8-38(40)39-9-5-7-11-41(39)42/h4-27,42H,28-29H2,1-3H3,(H,46,50). The Bertz CT molecular complexity index is 2170. The highest BCUT2D eigenvalue weighted by molar-refractivity contribution is 5.90. The number of rotatable bonds is 9. The molecule has 0 aliphatic heterocycles. The molecule has 6 aromatic carbocycles. The van der Waals surface area contributed by atoms with Gasteiger partial charge in [0.25, 0.3) is 0 Å². The summed E-state index contributed by atoms with van der Waals surface area (Å²) in [5.74, 6) is -0.305. The lowest BCUT2D eigenvalue weighted by atomic mass is 9.98. The summed E-state index contributed by atoms with van der Waals surface area (Å²) < 4.78 is 11.1. The van der Waals surface area contributed by atoms with Crippen LogP contribution in [0.2, 0.25) is 0 Å². The Balaban J connectivity index is 0.890. The highest BCUT2D eigenvalue weighted by Gasteiger charge is 2.29. The average molecular weight is 686 g/mol. The van der Waals surface area contributed by atoms with Crippen molar-refractivity contribution in [3.63, 3.8) is 0 Å². The summed E-state index contributed by atoms with van der Waals surface area (Å²) in [7, 11) is 0. The van der Waals surface area contributed by atoms with E-state index in [-0.39, 0.29) is 18.5 Å². The van der Waals surface area contributed by atoms with Gasteiger partial charge in [0.05, 0.1) is 16.9 Å². The van der Waals surface area contributed by atoms with Crippen molar-refractivity contribution in [2.45, 2.75) is 38.8 Å². The molecule has 0 saturated carbocycles. The van der Waals surface area contributed by atoms with Crippen LogP contribution in [0.25, 0.3) is 33.4 Å². The number of alkyl carbamates (subject to hydrolysis) is 1. The molecular weight excluding hydrogens is 647 g/mol. The van der Waals surface area contributed by atoms with Crippen molar-refractivity contribution in [2.75, 3.05) is 6.61 Å². The van der Waals surface area contributed by atoms with Crippen molar-refractivity contribution in [1.82, 2.24) is 5.32 Å². The van der Waals surface area contributed by atoms with E-state index < -0.39 is 11.7 Å². The first-order chi connectivity index (χ1) is 25.2. The smallest absolute Gasteiger partial charge is 0.407 e. The lowest BCUT2D eigenvalue weighted by Gasteiger charge is -2.19. The molecule has 1 amide bonds. The molecule has 1 aliphatic carbocycles. The summed E-state index contributed by atoms with van der Waals surface area (Å²) in [6.45, 7) is 6.22. The van der Waals surface area contributed by atoms with Gasteiger partial charge in [0.2, 0.25) is 0 Å². The molecule has 258 valence electrons. The molecule has 0 atom stereocenters. The van der Waals surface area contributed by atoms with Gasteiger partial charge in [0.1, 0.15) is 12.2 Å². The highest BCUT2D eigenvalue weighted by Crippen LogP contribution is 2.44. The molecule has 0 spiro atoms. The summed E-state index contributed by atoms with van der Waals surface area (Å²) >= 11 is 0. The van der Waals surface area contributed by atoms with Gasteiger partial charge in [-0.1, -0.05) is 109 Å². The molecular formula is C45H39N3O4. The summed E-state index contributed by atoms with van der Waals surface area (Å²) in [6, 6.07) is 47.8. The van der Waals surface area contributed by atoms with Crippen molar-refractivity contribution in [3.8, 4) is 33.4 Å². The number of hydrogen-bond donors (Lipinski definition) is 1. The molecule has 0 fully saturated rings. The van der Waals surface area contributed by atoms with Gasteiger partial charge in [-0.05, 0) is 107 Å². The zero-order valence-electron chi connectivity index (χ0n) is 29.4. The molecule has 0 saturated heterocycles. The van der Waals surface area contributed by atoms with E-state index in [0.717, 1.165) is 39.2 Å². The third-order valence-corrected chi connectivity index (χ3v) is 8.94. The zero-order valence-corrected chi connectivity index (χ0v) is 29.4. The van der Waals surface area contributed by atoms with E-state index in [1.807, 2.05) is 130 Å². The van der Waals surface area contributed by atoms with Gasteiger partial charge in [-0.2, -0.15) is 10.2 Å². The number of esters is 1. The number of carbonyl (C=O) groups is 2. The van der Waals surface area contributed by atoms with Gasteiger partial charge in [0, 0.05) is 12.5 Å². The molecule has 1 aliphatic rings. The minimum atomic E-state index is -0.535. The minimum Gasteiger partial charge on any atom is -0.456 e. The number of benzene rings is 6. The largest absolute Gasteiger partial charge is 0.456 e. The Morgan fingerprint density at radius 2 is 1.04 bits per heavy atom. The molecule has 0 unspecified atom stereocenters. The highest BCUT2D eigenvalue weighted by atomic mass is 16.6. The maximum Gasteiger partial charge on any atom is 0.407 e. The number of carbonyl (C=O) groups excluding carboxylic acids is 2. The van der Waals surface area contributed by atoms with Crippen molar-refractivity contribution in [2.24, 2.45) is 10.2 Å². The molecule has 7 nitrogen and oxygen atoms in total. The van der Waals surface area contributed by atoms with Gasteiger partial charge in [0.15, 0.2) is 0 Å². The summed E-state index contributed by atoms with van der Waals surface area (Å²) in [6.07, 6.45) is -0.432. The second kappa shape index (κ2) is 14.9. The van der Waals surface area contributed by atoms with Crippen LogP contribution in [0.4, 0.5) is 16.2 Å². The van der Waals surface area contributed by atoms with E-state index in [4.69, 9.17) is 9.47 Å². The van der Waals surface area contributed by atoms with E-state index in [2.05, 4.69) is 39.8 Å². The monoisotopic (exact) mass is 685 g/mol. The fourth-order valence-corrected chi connectivity index (χ4v) is 6.33. The average Bonchev–Trinajstić information content (AvgIpc) is 3.49. The quantitative estimate of drug-likeness (QED) is 0.121. The number of nitrogens with one attached hydrogen (secondary N) is 1. The van der Waals surface area contributed by atoms with Crippen LogP contribution in [0.15, 0.2) is 156 Å². The van der Waals surface area contributed by atoms with Gasteiger partial charge in [-0.15, -0.1) is 0 Å². The summed E-state index contributed by atoms with van der Waals surface area (Å²) in [5.41, 5.74) is 11.4. The number of azo groups is 1. The third-order valence-electron chi connectivity index (χ3n) is 8.94. The van der Waals surface area contributed by atoms with Crippen LogP contribution in [0.3, 0.4) is 0 Å². The maximum absolute atomic E-state index is 12.6. The first kappa shape index (κ1) is 34.1. The molecule has 0 bridgehead atoms. The molecule has 52 heavy (non-hydrogen) atoms. The molecule has 0 heterocycles. The second-order valence-electron chi connectivity index (χ2n) is 13.7. The van der Waals surface area contributed by atoms with E-state index >= 15 is 0 Å². The second-order valence-corrected chi connectivity index (χ2v) is 13.7. The molecule has 7 rings (SSSR count). The van der Waals surface area contributed by atoms with E-state index in [9.17, 15) is 9.59 Å². The van der Waals surface area contributed by atoms with Crippen LogP contribution < -0.4 is 5.32 Å². The first-order valence-corrected chi connectivity index (χ1v) is 17.3. The van der Waals surface area contributed by atoms with E-state index in [1.54, 1.807) is 12.1 Å². The van der Waals surface area contributed by atoms with Crippen LogP contribution in [0.5, 0.6) is 0 Å². The van der Waals surface area contributed by atoms with Crippen LogP contribution >= 0.6 is 0 Å². The van der Waals surface area contributed by atoms with Gasteiger partial charge in [-0.25, -0.2) is 9.59 Å². The third kappa shape index (κ3) is 8.00. The van der Waals surface area contributed by atoms with Gasteiger partial charge >= 0.3 is 12.1 Å². The van der Waals surface area contributed by atoms with Crippen LogP contribution in [-0.2, 0) is 16.0 Å². The maximum atomic E-state index is 12.6. The Kier molecular flexibility index (Phi) is 9.76. The lowest BCUT2D eigenvalue weighted by Crippen LogP contribution is -2.25. The van der Waals surface area contributed by atoms with E-state index in [0.29, 0.717) is 12.1 Å². The first-order valence-electron chi connectivity index (χ1n) is 17.3. The van der Waals surface area contributed by atoms with Crippen molar-refractivity contribution >= 4 is 23.4 Å². The van der Waals surface area contributed by atoms with Crippen LogP contribution in [-0.4, -0.2) is 24.3 Å². The van der Waals surface area contributed by atoms with Crippen molar-refractivity contribution < 1.29 is 19.1 Å². The number of amides is 1. The van der Waals surface area contributed by atoms with Gasteiger partial charge < -0.3 is 14.8 Å². The molecule has 0 radical (unpaired) electrons. The fourth-order valence-electron chi connectivity index (χ4n) is 6.33. The summed E-state index contributed by atoms with van der Waals surface area (Å²) in [4.78, 5) is 25.0. The van der Waals surface area contributed by atoms with Crippen molar-refractivity contribution in [3.05, 3.63) is 168 Å². The predicted octanol–water partition coefficient (Wildman–Crippen LogP) is 11.4. The van der Waals surface area contributed by atoms with Crippen LogP contribution in [0.1, 0.15) is 53.7 Å². The Morgan fingerprint density at radius 3 is 1.52 bits per heavy atom. The molecule has 6 aromatic rings. The normalized spacial score (nSPS) is 12.3. The Hall–Kier alpha value is -6.34. The SMILES string of the molecule is CC(C)(C)OC(=O)c1ccc(-c2ccc(N=Nc3ccc(-c4ccc(CNC(=O)OCC5c6ccccc6-c6ccccc65)cc4)cc3)cc2)cc1. The predicted molar refractivity (Wildman–Crippen MR) is 205 cm³/mol. The number of fused-ring (bicyclic) bond motifs is 3. The number of nitrogens with zero attached hydrogens (tertiary/aromatic N) is 2. The zero-order chi connectivity index (χ0) is 36.1. The topological polar surface area (TPSA) is 89.4 Å². The minimum absolute atomic E-state index is 0.0293. The van der Waals surface area contributed by atoms with Crippen LogP contribution in [0, 0.1) is 0 Å².